The van der Waals surface area contributed by atoms with Gasteiger partial charge in [0.2, 0.25) is 11.7 Å². The van der Waals surface area contributed by atoms with E-state index >= 15 is 0 Å². The highest BCUT2D eigenvalue weighted by molar-refractivity contribution is 6.36. The number of aryl methyl sites for hydroxylation is 1. The summed E-state index contributed by atoms with van der Waals surface area (Å²) in [6, 6.07) is 2.27. The smallest absolute Gasteiger partial charge is 0.210 e. The Morgan fingerprint density at radius 2 is 2.22 bits per heavy atom. The molecule has 0 saturated carbocycles. The second-order valence-corrected chi connectivity index (χ2v) is 10.1. The zero-order valence-electron chi connectivity index (χ0n) is 20.6. The molecule has 5 rings (SSSR count). The molecule has 0 aromatic carbocycles. The van der Waals surface area contributed by atoms with Gasteiger partial charge in [0.05, 0.1) is 37.5 Å². The largest absolute Gasteiger partial charge is 0.446 e. The fourth-order valence-corrected chi connectivity index (χ4v) is 4.52. The van der Waals surface area contributed by atoms with E-state index in [1.807, 2.05) is 16.9 Å². The molecule has 0 bridgehead atoms. The van der Waals surface area contributed by atoms with Gasteiger partial charge in [0.15, 0.2) is 22.9 Å². The van der Waals surface area contributed by atoms with E-state index in [1.165, 1.54) is 6.20 Å². The molecule has 0 radical (unpaired) electrons. The molecule has 2 aliphatic rings. The Balaban J connectivity index is 1.47. The maximum atomic E-state index is 7.75. The molecule has 11 nitrogen and oxygen atoms in total. The molecule has 0 aliphatic carbocycles. The van der Waals surface area contributed by atoms with Gasteiger partial charge in [-0.15, -0.1) is 0 Å². The van der Waals surface area contributed by atoms with E-state index < -0.39 is 0 Å². The van der Waals surface area contributed by atoms with E-state index in [0.29, 0.717) is 51.8 Å². The van der Waals surface area contributed by atoms with Crippen molar-refractivity contribution in [2.45, 2.75) is 38.6 Å². The molecule has 0 amide bonds. The van der Waals surface area contributed by atoms with Crippen LogP contribution in [0, 0.1) is 5.41 Å². The van der Waals surface area contributed by atoms with E-state index in [2.05, 4.69) is 51.8 Å². The monoisotopic (exact) mass is 510 g/mol. The number of quaternary nitrogens is 1. The third-order valence-corrected chi connectivity index (χ3v) is 6.46. The van der Waals surface area contributed by atoms with Gasteiger partial charge in [-0.05, 0) is 6.42 Å². The molecule has 2 aliphatic heterocycles. The average Bonchev–Trinajstić information content (AvgIpc) is 3.59. The van der Waals surface area contributed by atoms with Gasteiger partial charge in [-0.1, -0.05) is 32.4 Å². The Bertz CT molecular complexity index is 1410. The minimum Gasteiger partial charge on any atom is -0.446 e. The lowest BCUT2D eigenvalue weighted by Crippen LogP contribution is -2.77. The van der Waals surface area contributed by atoms with Crippen LogP contribution >= 0.6 is 11.6 Å². The molecule has 12 heteroatoms. The standard InChI is InChI=1S/C24H28ClN9O2/c1-24(2,3)18-9-19(32-34(18)14-5-8-35-13-14)30-23-31-22-21(33(23)4)20(25)17(12-29-22)36-16(10-26)15-11-27-6-7-28-15/h6-7,9-12,14,26,28H,5,8,13H2,1-4H3,(H,29,30,31,32)/p+1/b16-15+,26-10?/t14-/m0/s1. The van der Waals surface area contributed by atoms with Crippen LogP contribution in [-0.4, -0.2) is 50.0 Å². The molecule has 1 saturated heterocycles. The molecular weight excluding hydrogens is 482 g/mol. The number of rotatable bonds is 6. The number of ether oxygens (including phenoxy) is 2. The summed E-state index contributed by atoms with van der Waals surface area (Å²) in [5.74, 6) is 1.87. The quantitative estimate of drug-likeness (QED) is 0.344. The number of nitrogens with one attached hydrogen (secondary N) is 2. The Labute approximate surface area is 213 Å². The van der Waals surface area contributed by atoms with Gasteiger partial charge in [-0.25, -0.2) is 4.98 Å². The van der Waals surface area contributed by atoms with Crippen LogP contribution in [0.4, 0.5) is 11.8 Å². The van der Waals surface area contributed by atoms with Crippen molar-refractivity contribution in [2.75, 3.05) is 18.5 Å². The predicted molar refractivity (Wildman–Crippen MR) is 138 cm³/mol. The first kappa shape index (κ1) is 24.2. The van der Waals surface area contributed by atoms with Crippen molar-refractivity contribution in [3.63, 3.8) is 0 Å². The molecule has 1 fully saturated rings. The summed E-state index contributed by atoms with van der Waals surface area (Å²) in [6.07, 6.45) is 8.61. The minimum atomic E-state index is -0.0870. The highest BCUT2D eigenvalue weighted by atomic mass is 35.5. The third kappa shape index (κ3) is 4.52. The lowest BCUT2D eigenvalue weighted by atomic mass is 9.91. The second-order valence-electron chi connectivity index (χ2n) is 9.71. The second kappa shape index (κ2) is 9.49. The van der Waals surface area contributed by atoms with Crippen molar-refractivity contribution < 1.29 is 14.8 Å². The summed E-state index contributed by atoms with van der Waals surface area (Å²) in [5, 5.41) is 18.1. The Morgan fingerprint density at radius 1 is 1.39 bits per heavy atom. The van der Waals surface area contributed by atoms with Crippen LogP contribution < -0.4 is 15.4 Å². The van der Waals surface area contributed by atoms with Gasteiger partial charge in [0, 0.05) is 30.8 Å². The van der Waals surface area contributed by atoms with E-state index in [-0.39, 0.29) is 11.5 Å². The average molecular weight is 511 g/mol. The van der Waals surface area contributed by atoms with Crippen molar-refractivity contribution in [3.05, 3.63) is 46.8 Å². The van der Waals surface area contributed by atoms with Crippen LogP contribution in [0.5, 0.6) is 5.75 Å². The molecule has 0 spiro atoms. The van der Waals surface area contributed by atoms with Crippen LogP contribution in [0.2, 0.25) is 5.02 Å². The predicted octanol–water partition coefficient (Wildman–Crippen LogP) is 3.18. The number of hydrogen-bond acceptors (Lipinski definition) is 8. The summed E-state index contributed by atoms with van der Waals surface area (Å²) in [7, 11) is 1.85. The van der Waals surface area contributed by atoms with Gasteiger partial charge < -0.3 is 24.8 Å². The number of fused-ring (bicyclic) bond motifs is 1. The molecule has 4 N–H and O–H groups in total. The maximum absolute atomic E-state index is 7.75. The first-order valence-corrected chi connectivity index (χ1v) is 12.1. The maximum Gasteiger partial charge on any atom is 0.210 e. The fraction of sp³-hybridized carbons (Fsp3) is 0.375. The normalized spacial score (nSPS) is 19.2. The van der Waals surface area contributed by atoms with Gasteiger partial charge >= 0.3 is 0 Å². The van der Waals surface area contributed by atoms with Crippen LogP contribution in [0.1, 0.15) is 38.9 Å². The zero-order valence-corrected chi connectivity index (χ0v) is 21.4. The van der Waals surface area contributed by atoms with Gasteiger partial charge in [-0.3, -0.25) is 15.0 Å². The number of nitrogens with two attached hydrogens (primary N) is 1. The van der Waals surface area contributed by atoms with Gasteiger partial charge in [0.25, 0.3) is 0 Å². The lowest BCUT2D eigenvalue weighted by molar-refractivity contribution is -0.528. The van der Waals surface area contributed by atoms with Crippen molar-refractivity contribution in [1.82, 2.24) is 24.3 Å². The first-order valence-electron chi connectivity index (χ1n) is 11.7. The van der Waals surface area contributed by atoms with E-state index in [9.17, 15) is 0 Å². The molecule has 36 heavy (non-hydrogen) atoms. The van der Waals surface area contributed by atoms with Crippen molar-refractivity contribution in [2.24, 2.45) is 12.0 Å². The summed E-state index contributed by atoms with van der Waals surface area (Å²) in [5.41, 5.74) is 2.77. The number of nitrogens with zero attached hydrogens (tertiary/aromatic N) is 6. The van der Waals surface area contributed by atoms with Crippen molar-refractivity contribution >= 4 is 47.0 Å². The number of aliphatic imine (C=N–C) groups is 1. The molecule has 5 heterocycles. The molecular formula is C24H29ClN9O2+. The Morgan fingerprint density at radius 3 is 2.89 bits per heavy atom. The number of hydrogen-bond donors (Lipinski definition) is 3. The summed E-state index contributed by atoms with van der Waals surface area (Å²) >= 11 is 6.74. The first-order chi connectivity index (χ1) is 17.3. The molecule has 3 aromatic rings. The number of anilines is 2. The van der Waals surface area contributed by atoms with Crippen LogP contribution in [-0.2, 0) is 17.2 Å². The summed E-state index contributed by atoms with van der Waals surface area (Å²) in [4.78, 5) is 13.2. The van der Waals surface area contributed by atoms with Crippen molar-refractivity contribution in [1.29, 1.82) is 5.41 Å². The van der Waals surface area contributed by atoms with Crippen LogP contribution in [0.15, 0.2) is 41.1 Å². The number of aromatic nitrogens is 5. The van der Waals surface area contributed by atoms with Crippen LogP contribution in [0.3, 0.4) is 0 Å². The minimum absolute atomic E-state index is 0.0870. The number of pyridine rings is 1. The van der Waals surface area contributed by atoms with Gasteiger partial charge in [0.1, 0.15) is 16.7 Å². The lowest BCUT2D eigenvalue weighted by Gasteiger charge is -2.22. The Hall–Kier alpha value is -3.54. The fourth-order valence-electron chi connectivity index (χ4n) is 4.22. The Kier molecular flexibility index (Phi) is 6.37. The number of allylic oxidation sites excluding steroid dienone is 2. The topological polar surface area (TPSA) is 132 Å². The molecule has 0 unspecified atom stereocenters. The zero-order chi connectivity index (χ0) is 25.4. The van der Waals surface area contributed by atoms with Gasteiger partial charge in [-0.2, -0.15) is 10.1 Å². The third-order valence-electron chi connectivity index (χ3n) is 6.10. The summed E-state index contributed by atoms with van der Waals surface area (Å²) in [6.45, 7) is 7.92. The molecule has 1 atom stereocenters. The number of halogens is 1. The SMILES string of the molecule is Cn1c(Nc2cc(C(C)(C)C)n([C@H]3CCOC3)n2)nc2ncc(O/C(C=N)=C3\C=NC=C[NH2+]3)c(Cl)c21. The molecule has 3 aromatic heterocycles. The van der Waals surface area contributed by atoms with E-state index in [1.54, 1.807) is 18.6 Å². The van der Waals surface area contributed by atoms with E-state index in [0.717, 1.165) is 24.9 Å². The number of imidazole rings is 1. The molecule has 188 valence electrons. The van der Waals surface area contributed by atoms with E-state index in [4.69, 9.17) is 31.6 Å². The highest BCUT2D eigenvalue weighted by Crippen LogP contribution is 2.35. The van der Waals surface area contributed by atoms with Crippen LogP contribution in [0.25, 0.3) is 11.2 Å². The highest BCUT2D eigenvalue weighted by Gasteiger charge is 2.28. The van der Waals surface area contributed by atoms with Crippen molar-refractivity contribution in [3.8, 4) is 5.75 Å². The summed E-state index contributed by atoms with van der Waals surface area (Å²) < 4.78 is 15.4.